The third kappa shape index (κ3) is 6.34. The number of anilines is 3. The molecule has 6 rings (SSSR count). The number of aromatic nitrogens is 2. The van der Waals surface area contributed by atoms with Crippen molar-refractivity contribution in [2.24, 2.45) is 0 Å². The molecule has 1 atom stereocenters. The first-order chi connectivity index (χ1) is 20.5. The fourth-order valence-corrected chi connectivity index (χ4v) is 5.94. The van der Waals surface area contributed by atoms with Crippen LogP contribution in [0.25, 0.3) is 11.3 Å². The number of carbonyl (C=O) groups excluding carboxylic acids is 2. The normalized spacial score (nSPS) is 15.9. The number of hydrogen-bond acceptors (Lipinski definition) is 6. The molecular formula is C34H36N6O2. The monoisotopic (exact) mass is 560 g/mol. The largest absolute Gasteiger partial charge is 0.354 e. The number of hydrogen-bond donors (Lipinski definition) is 3. The van der Waals surface area contributed by atoms with Crippen LogP contribution in [0.2, 0.25) is 0 Å². The van der Waals surface area contributed by atoms with E-state index in [1.54, 1.807) is 24.3 Å². The smallest absolute Gasteiger partial charge is 0.323 e. The maximum Gasteiger partial charge on any atom is 0.323 e. The predicted molar refractivity (Wildman–Crippen MR) is 167 cm³/mol. The first kappa shape index (κ1) is 27.6. The van der Waals surface area contributed by atoms with Gasteiger partial charge in [0.05, 0.1) is 5.69 Å². The highest BCUT2D eigenvalue weighted by Crippen LogP contribution is 2.42. The van der Waals surface area contributed by atoms with Gasteiger partial charge in [-0.05, 0) is 93.2 Å². The van der Waals surface area contributed by atoms with E-state index in [2.05, 4.69) is 62.2 Å². The zero-order valence-corrected chi connectivity index (χ0v) is 23.9. The van der Waals surface area contributed by atoms with Crippen LogP contribution in [0.4, 0.5) is 22.1 Å². The third-order valence-electron chi connectivity index (χ3n) is 8.11. The number of ketones is 1. The first-order valence-electron chi connectivity index (χ1n) is 14.7. The predicted octanol–water partition coefficient (Wildman–Crippen LogP) is 6.58. The number of nitrogens with one attached hydrogen (secondary N) is 3. The molecule has 2 heterocycles. The number of urea groups is 1. The molecule has 1 aliphatic heterocycles. The molecule has 2 amide bonds. The lowest BCUT2D eigenvalue weighted by molar-refractivity contribution is 0.101. The van der Waals surface area contributed by atoms with Crippen molar-refractivity contribution in [2.45, 2.75) is 38.5 Å². The van der Waals surface area contributed by atoms with Crippen LogP contribution >= 0.6 is 0 Å². The van der Waals surface area contributed by atoms with Crippen LogP contribution in [-0.2, 0) is 6.42 Å². The second-order valence-corrected chi connectivity index (χ2v) is 11.1. The average molecular weight is 561 g/mol. The highest BCUT2D eigenvalue weighted by Gasteiger charge is 2.27. The van der Waals surface area contributed by atoms with Gasteiger partial charge in [0.15, 0.2) is 5.78 Å². The van der Waals surface area contributed by atoms with Crippen molar-refractivity contribution < 1.29 is 9.59 Å². The number of benzene rings is 3. The summed E-state index contributed by atoms with van der Waals surface area (Å²) in [7, 11) is 0. The Morgan fingerprint density at radius 2 is 1.71 bits per heavy atom. The van der Waals surface area contributed by atoms with Crippen molar-refractivity contribution in [1.82, 2.24) is 14.9 Å². The van der Waals surface area contributed by atoms with Gasteiger partial charge in [-0.2, -0.15) is 0 Å². The van der Waals surface area contributed by atoms with Crippen LogP contribution in [0.15, 0.2) is 79.0 Å². The summed E-state index contributed by atoms with van der Waals surface area (Å²) >= 11 is 0. The van der Waals surface area contributed by atoms with Gasteiger partial charge in [0.25, 0.3) is 0 Å². The van der Waals surface area contributed by atoms with E-state index in [-0.39, 0.29) is 17.7 Å². The van der Waals surface area contributed by atoms with Gasteiger partial charge in [0.2, 0.25) is 5.95 Å². The lowest BCUT2D eigenvalue weighted by atomic mass is 9.78. The number of amides is 2. The molecule has 4 aromatic rings. The average Bonchev–Trinajstić information content (AvgIpc) is 3.53. The number of rotatable bonds is 9. The van der Waals surface area contributed by atoms with Crippen molar-refractivity contribution in [2.75, 3.05) is 42.1 Å². The zero-order chi connectivity index (χ0) is 28.9. The van der Waals surface area contributed by atoms with E-state index in [0.29, 0.717) is 22.9 Å². The molecule has 8 nitrogen and oxygen atoms in total. The highest BCUT2D eigenvalue weighted by molar-refractivity contribution is 6.01. The Balaban J connectivity index is 1.12. The van der Waals surface area contributed by atoms with Gasteiger partial charge in [0, 0.05) is 41.2 Å². The maximum atomic E-state index is 12.6. The van der Waals surface area contributed by atoms with E-state index in [4.69, 9.17) is 4.98 Å². The molecule has 1 saturated heterocycles. The molecule has 42 heavy (non-hydrogen) atoms. The van der Waals surface area contributed by atoms with E-state index in [1.165, 1.54) is 38.4 Å². The van der Waals surface area contributed by atoms with Gasteiger partial charge in [-0.1, -0.05) is 48.5 Å². The fourth-order valence-electron chi connectivity index (χ4n) is 5.94. The summed E-state index contributed by atoms with van der Waals surface area (Å²) in [6, 6.07) is 23.0. The second kappa shape index (κ2) is 12.5. The molecule has 1 unspecified atom stereocenters. The molecule has 3 N–H and O–H groups in total. The Morgan fingerprint density at radius 1 is 0.929 bits per heavy atom. The van der Waals surface area contributed by atoms with Crippen LogP contribution in [0.1, 0.15) is 59.2 Å². The molecule has 1 aliphatic carbocycles. The molecule has 0 saturated carbocycles. The van der Waals surface area contributed by atoms with Gasteiger partial charge < -0.3 is 20.9 Å². The minimum Gasteiger partial charge on any atom is -0.354 e. The maximum absolute atomic E-state index is 12.6. The summed E-state index contributed by atoms with van der Waals surface area (Å²) in [6.07, 6.45) is 6.49. The van der Waals surface area contributed by atoms with Crippen LogP contribution in [0.3, 0.4) is 0 Å². The van der Waals surface area contributed by atoms with Crippen molar-refractivity contribution >= 4 is 29.1 Å². The van der Waals surface area contributed by atoms with Gasteiger partial charge >= 0.3 is 6.03 Å². The standard InChI is InChI=1S/C34H36N6O2/c1-23(41)25-8-6-9-28(20-25)38-34(42)37-27-14-12-24(13-15-27)31-21-26-22-36-33(35-16-7-19-40-17-4-5-18-40)39-32(26)30-11-3-2-10-29(30)31/h2-3,6,8-15,20,22,31H,4-5,7,16-19,21H2,1H3,(H,35,36,39)(H2,37,38,42). The van der Waals surface area contributed by atoms with Crippen LogP contribution in [0.5, 0.6) is 0 Å². The summed E-state index contributed by atoms with van der Waals surface area (Å²) in [4.78, 5) is 36.4. The lowest BCUT2D eigenvalue weighted by Crippen LogP contribution is -2.22. The van der Waals surface area contributed by atoms with E-state index in [0.717, 1.165) is 48.3 Å². The summed E-state index contributed by atoms with van der Waals surface area (Å²) in [6.45, 7) is 5.93. The molecular weight excluding hydrogens is 524 g/mol. The first-order valence-corrected chi connectivity index (χ1v) is 14.7. The molecule has 0 radical (unpaired) electrons. The quantitative estimate of drug-likeness (QED) is 0.158. The Hall–Kier alpha value is -4.56. The molecule has 0 bridgehead atoms. The zero-order valence-electron chi connectivity index (χ0n) is 23.9. The van der Waals surface area contributed by atoms with Gasteiger partial charge in [-0.25, -0.2) is 14.8 Å². The van der Waals surface area contributed by atoms with Crippen LogP contribution in [0, 0.1) is 0 Å². The number of carbonyl (C=O) groups is 2. The van der Waals surface area contributed by atoms with Crippen molar-refractivity contribution in [3.05, 3.63) is 101 Å². The SMILES string of the molecule is CC(=O)c1cccc(NC(=O)Nc2ccc(C3Cc4cnc(NCCCN5CCCC5)nc4-c4ccccc43)cc2)c1. The summed E-state index contributed by atoms with van der Waals surface area (Å²) < 4.78 is 0. The lowest BCUT2D eigenvalue weighted by Gasteiger charge is -2.27. The summed E-state index contributed by atoms with van der Waals surface area (Å²) in [5, 5.41) is 9.11. The van der Waals surface area contributed by atoms with Crippen molar-refractivity contribution in [1.29, 1.82) is 0 Å². The Labute approximate surface area is 246 Å². The van der Waals surface area contributed by atoms with Crippen molar-refractivity contribution in [3.8, 4) is 11.3 Å². The minimum atomic E-state index is -0.363. The van der Waals surface area contributed by atoms with Gasteiger partial charge in [-0.3, -0.25) is 4.79 Å². The summed E-state index contributed by atoms with van der Waals surface area (Å²) in [5.74, 6) is 0.799. The Kier molecular flexibility index (Phi) is 8.23. The summed E-state index contributed by atoms with van der Waals surface area (Å²) in [5.41, 5.74) is 7.49. The van der Waals surface area contributed by atoms with Crippen LogP contribution in [-0.4, -0.2) is 52.9 Å². The van der Waals surface area contributed by atoms with Gasteiger partial charge in [-0.15, -0.1) is 0 Å². The number of fused-ring (bicyclic) bond motifs is 3. The highest BCUT2D eigenvalue weighted by atomic mass is 16.2. The Bertz CT molecular complexity index is 1580. The Morgan fingerprint density at radius 3 is 2.52 bits per heavy atom. The molecule has 1 aromatic heterocycles. The number of likely N-dealkylation sites (tertiary alicyclic amines) is 1. The molecule has 1 fully saturated rings. The van der Waals surface area contributed by atoms with Crippen molar-refractivity contribution in [3.63, 3.8) is 0 Å². The molecule has 3 aromatic carbocycles. The number of Topliss-reactive ketones (excluding diaryl/α,β-unsaturated/α-hetero) is 1. The molecule has 214 valence electrons. The van der Waals surface area contributed by atoms with E-state index in [9.17, 15) is 9.59 Å². The van der Waals surface area contributed by atoms with E-state index < -0.39 is 0 Å². The third-order valence-corrected chi connectivity index (χ3v) is 8.11. The fraction of sp³-hybridized carbons (Fsp3) is 0.294. The topological polar surface area (TPSA) is 99.2 Å². The molecule has 0 spiro atoms. The minimum absolute atomic E-state index is 0.0477. The van der Waals surface area contributed by atoms with E-state index in [1.807, 2.05) is 18.3 Å². The molecule has 2 aliphatic rings. The molecule has 8 heteroatoms. The number of nitrogens with zero attached hydrogens (tertiary/aromatic N) is 3. The second-order valence-electron chi connectivity index (χ2n) is 11.1. The van der Waals surface area contributed by atoms with E-state index >= 15 is 0 Å². The van der Waals surface area contributed by atoms with Crippen LogP contribution < -0.4 is 16.0 Å². The van der Waals surface area contributed by atoms with Gasteiger partial charge in [0.1, 0.15) is 0 Å².